The van der Waals surface area contributed by atoms with Crippen molar-refractivity contribution in [3.05, 3.63) is 12.4 Å². The Bertz CT molecular complexity index is 402. The molecule has 1 atom stereocenters. The van der Waals surface area contributed by atoms with Gasteiger partial charge in [-0.25, -0.2) is 4.98 Å². The van der Waals surface area contributed by atoms with Crippen LogP contribution in [-0.4, -0.2) is 40.6 Å². The molecule has 4 heteroatoms. The summed E-state index contributed by atoms with van der Waals surface area (Å²) in [6.07, 6.45) is 12.2. The summed E-state index contributed by atoms with van der Waals surface area (Å²) in [6.45, 7) is 7.17. The average Bonchev–Trinajstić information content (AvgIpc) is 3.18. The van der Waals surface area contributed by atoms with Crippen LogP contribution in [0.2, 0.25) is 0 Å². The van der Waals surface area contributed by atoms with Crippen molar-refractivity contribution in [2.24, 2.45) is 5.92 Å². The maximum absolute atomic E-state index is 4.50. The fraction of sp³-hybridized carbons (Fsp3) is 0.812. The maximum Gasteiger partial charge on any atom is 0.203 e. The molecule has 1 saturated carbocycles. The van der Waals surface area contributed by atoms with Crippen molar-refractivity contribution in [1.82, 2.24) is 14.5 Å². The molecule has 2 aliphatic rings. The molecule has 2 heterocycles. The van der Waals surface area contributed by atoms with Crippen LogP contribution >= 0.6 is 0 Å². The molecule has 1 aliphatic heterocycles. The summed E-state index contributed by atoms with van der Waals surface area (Å²) in [5.74, 6) is 1.76. The molecule has 0 aromatic carbocycles. The third-order valence-corrected chi connectivity index (χ3v) is 4.76. The summed E-state index contributed by atoms with van der Waals surface area (Å²) >= 11 is 0. The van der Waals surface area contributed by atoms with Crippen LogP contribution in [0.3, 0.4) is 0 Å². The van der Waals surface area contributed by atoms with Crippen molar-refractivity contribution >= 4 is 5.95 Å². The molecule has 2 fully saturated rings. The minimum atomic E-state index is 0.675. The second-order valence-corrected chi connectivity index (χ2v) is 6.59. The zero-order valence-electron chi connectivity index (χ0n) is 12.7. The quantitative estimate of drug-likeness (QED) is 0.866. The minimum absolute atomic E-state index is 0.675. The van der Waals surface area contributed by atoms with Gasteiger partial charge >= 0.3 is 0 Å². The summed E-state index contributed by atoms with van der Waals surface area (Å²) in [5, 5.41) is 3.57. The lowest BCUT2D eigenvalue weighted by Gasteiger charge is -2.21. The van der Waals surface area contributed by atoms with Crippen LogP contribution in [0.1, 0.15) is 51.5 Å². The van der Waals surface area contributed by atoms with Crippen LogP contribution in [0.5, 0.6) is 0 Å². The first kappa shape index (κ1) is 13.9. The standard InChI is InChI=1S/C16H28N4/c1-14(13-19-9-4-5-10-19)12-18-16-17-8-11-20(16)15-6-2-3-7-15/h8,11,14-15H,2-7,9-10,12-13H2,1H3,(H,17,18). The van der Waals surface area contributed by atoms with Crippen LogP contribution in [0.15, 0.2) is 12.4 Å². The molecule has 1 unspecified atom stereocenters. The van der Waals surface area contributed by atoms with E-state index in [0.717, 1.165) is 12.5 Å². The number of nitrogens with zero attached hydrogens (tertiary/aromatic N) is 3. The predicted molar refractivity (Wildman–Crippen MR) is 83.1 cm³/mol. The third-order valence-electron chi connectivity index (χ3n) is 4.76. The number of rotatable bonds is 6. The monoisotopic (exact) mass is 276 g/mol. The zero-order chi connectivity index (χ0) is 13.8. The Hall–Kier alpha value is -1.03. The third kappa shape index (κ3) is 3.35. The Morgan fingerprint density at radius 2 is 2.00 bits per heavy atom. The Labute approximate surface area is 122 Å². The molecule has 0 bridgehead atoms. The largest absolute Gasteiger partial charge is 0.355 e. The van der Waals surface area contributed by atoms with Gasteiger partial charge in [0.05, 0.1) is 0 Å². The zero-order valence-corrected chi connectivity index (χ0v) is 12.7. The second kappa shape index (κ2) is 6.61. The molecule has 1 aliphatic carbocycles. The fourth-order valence-electron chi connectivity index (χ4n) is 3.66. The summed E-state index contributed by atoms with van der Waals surface area (Å²) < 4.78 is 2.36. The molecule has 1 N–H and O–H groups in total. The van der Waals surface area contributed by atoms with Gasteiger partial charge in [0.2, 0.25) is 5.95 Å². The van der Waals surface area contributed by atoms with Crippen molar-refractivity contribution in [3.63, 3.8) is 0 Å². The SMILES string of the molecule is CC(CNc1nccn1C1CCCC1)CN1CCCC1. The molecule has 20 heavy (non-hydrogen) atoms. The number of imidazole rings is 1. The van der Waals surface area contributed by atoms with Crippen molar-refractivity contribution in [2.75, 3.05) is 31.5 Å². The molecule has 112 valence electrons. The van der Waals surface area contributed by atoms with Gasteiger partial charge < -0.3 is 14.8 Å². The van der Waals surface area contributed by atoms with Gasteiger partial charge in [0.1, 0.15) is 0 Å². The normalized spacial score (nSPS) is 22.4. The molecule has 4 nitrogen and oxygen atoms in total. The van der Waals surface area contributed by atoms with Crippen molar-refractivity contribution in [1.29, 1.82) is 0 Å². The molecule has 0 amide bonds. The van der Waals surface area contributed by atoms with Gasteiger partial charge in [-0.05, 0) is 44.7 Å². The average molecular weight is 276 g/mol. The van der Waals surface area contributed by atoms with E-state index in [1.54, 1.807) is 0 Å². The fourth-order valence-corrected chi connectivity index (χ4v) is 3.66. The molecule has 1 aromatic rings. The lowest BCUT2D eigenvalue weighted by molar-refractivity contribution is 0.294. The highest BCUT2D eigenvalue weighted by Crippen LogP contribution is 2.31. The Morgan fingerprint density at radius 3 is 2.75 bits per heavy atom. The van der Waals surface area contributed by atoms with Crippen LogP contribution in [0.25, 0.3) is 0 Å². The van der Waals surface area contributed by atoms with E-state index in [9.17, 15) is 0 Å². The summed E-state index contributed by atoms with van der Waals surface area (Å²) in [6, 6.07) is 0.675. The second-order valence-electron chi connectivity index (χ2n) is 6.59. The van der Waals surface area contributed by atoms with E-state index in [1.807, 2.05) is 6.20 Å². The highest BCUT2D eigenvalue weighted by atomic mass is 15.2. The first-order valence-electron chi connectivity index (χ1n) is 8.32. The van der Waals surface area contributed by atoms with Crippen LogP contribution in [0.4, 0.5) is 5.95 Å². The molecule has 0 radical (unpaired) electrons. The van der Waals surface area contributed by atoms with Crippen LogP contribution in [-0.2, 0) is 0 Å². The lowest BCUT2D eigenvalue weighted by Crippen LogP contribution is -2.29. The van der Waals surface area contributed by atoms with Gasteiger partial charge in [-0.2, -0.15) is 0 Å². The van der Waals surface area contributed by atoms with E-state index in [2.05, 4.69) is 32.9 Å². The highest BCUT2D eigenvalue weighted by Gasteiger charge is 2.20. The van der Waals surface area contributed by atoms with Gasteiger partial charge in [0.15, 0.2) is 0 Å². The van der Waals surface area contributed by atoms with E-state index in [1.165, 1.54) is 58.2 Å². The number of nitrogens with one attached hydrogen (secondary N) is 1. The topological polar surface area (TPSA) is 33.1 Å². The van der Waals surface area contributed by atoms with E-state index in [4.69, 9.17) is 0 Å². The summed E-state index contributed by atoms with van der Waals surface area (Å²) in [4.78, 5) is 7.10. The molecular formula is C16H28N4. The Morgan fingerprint density at radius 1 is 1.25 bits per heavy atom. The highest BCUT2D eigenvalue weighted by molar-refractivity contribution is 5.27. The Balaban J connectivity index is 1.49. The van der Waals surface area contributed by atoms with Crippen molar-refractivity contribution < 1.29 is 0 Å². The molecule has 1 aromatic heterocycles. The van der Waals surface area contributed by atoms with E-state index in [0.29, 0.717) is 12.0 Å². The number of anilines is 1. The van der Waals surface area contributed by atoms with E-state index in [-0.39, 0.29) is 0 Å². The molecule has 3 rings (SSSR count). The smallest absolute Gasteiger partial charge is 0.203 e. The number of hydrogen-bond acceptors (Lipinski definition) is 3. The minimum Gasteiger partial charge on any atom is -0.355 e. The summed E-state index contributed by atoms with van der Waals surface area (Å²) in [5.41, 5.74) is 0. The van der Waals surface area contributed by atoms with E-state index >= 15 is 0 Å². The van der Waals surface area contributed by atoms with Gasteiger partial charge in [-0.1, -0.05) is 19.8 Å². The van der Waals surface area contributed by atoms with Crippen LogP contribution in [0, 0.1) is 5.92 Å². The number of likely N-dealkylation sites (tertiary alicyclic amines) is 1. The van der Waals surface area contributed by atoms with Crippen molar-refractivity contribution in [3.8, 4) is 0 Å². The predicted octanol–water partition coefficient (Wildman–Crippen LogP) is 3.14. The maximum atomic E-state index is 4.50. The van der Waals surface area contributed by atoms with Gasteiger partial charge in [0.25, 0.3) is 0 Å². The van der Waals surface area contributed by atoms with Crippen molar-refractivity contribution in [2.45, 2.75) is 51.5 Å². The lowest BCUT2D eigenvalue weighted by atomic mass is 10.1. The van der Waals surface area contributed by atoms with Gasteiger partial charge in [-0.15, -0.1) is 0 Å². The van der Waals surface area contributed by atoms with Gasteiger partial charge in [-0.3, -0.25) is 0 Å². The summed E-state index contributed by atoms with van der Waals surface area (Å²) in [7, 11) is 0. The molecule has 0 spiro atoms. The van der Waals surface area contributed by atoms with E-state index < -0.39 is 0 Å². The molecular weight excluding hydrogens is 248 g/mol. The van der Waals surface area contributed by atoms with Gasteiger partial charge in [0, 0.05) is 31.5 Å². The number of hydrogen-bond donors (Lipinski definition) is 1. The Kier molecular flexibility index (Phi) is 4.61. The van der Waals surface area contributed by atoms with Crippen LogP contribution < -0.4 is 5.32 Å². The first-order valence-corrected chi connectivity index (χ1v) is 8.32. The molecule has 1 saturated heterocycles. The first-order chi connectivity index (χ1) is 9.83. The number of aromatic nitrogens is 2.